The number of methoxy groups -OCH3 is 1. The standard InChI is InChI=1S/C13H15ClO3/c1-17-12(9-14)7-11(15)8-13(16)10-5-3-2-4-6-10/h2-6,12H,7-9H2,1H3. The number of ether oxygens (including phenoxy) is 1. The van der Waals surface area contributed by atoms with E-state index < -0.39 is 0 Å². The molecule has 0 aliphatic rings. The molecule has 0 fully saturated rings. The van der Waals surface area contributed by atoms with E-state index in [4.69, 9.17) is 16.3 Å². The minimum atomic E-state index is -0.312. The molecule has 17 heavy (non-hydrogen) atoms. The van der Waals surface area contributed by atoms with E-state index in [1.54, 1.807) is 24.3 Å². The highest BCUT2D eigenvalue weighted by atomic mass is 35.5. The van der Waals surface area contributed by atoms with Gasteiger partial charge < -0.3 is 4.74 Å². The van der Waals surface area contributed by atoms with E-state index in [1.807, 2.05) is 6.07 Å². The van der Waals surface area contributed by atoms with Crippen molar-refractivity contribution in [3.63, 3.8) is 0 Å². The Hall–Kier alpha value is -1.19. The summed E-state index contributed by atoms with van der Waals surface area (Å²) in [5.74, 6) is -0.0618. The first-order valence-corrected chi connectivity index (χ1v) is 5.89. The Balaban J connectivity index is 2.49. The third kappa shape index (κ3) is 4.67. The summed E-state index contributed by atoms with van der Waals surface area (Å²) in [4.78, 5) is 23.3. The maximum atomic E-state index is 11.7. The molecule has 1 aromatic carbocycles. The summed E-state index contributed by atoms with van der Waals surface area (Å²) in [6.07, 6.45) is -0.230. The first kappa shape index (κ1) is 13.9. The lowest BCUT2D eigenvalue weighted by molar-refractivity contribution is -0.120. The van der Waals surface area contributed by atoms with E-state index in [-0.39, 0.29) is 36.4 Å². The second-order valence-electron chi connectivity index (χ2n) is 3.72. The van der Waals surface area contributed by atoms with Gasteiger partial charge in [-0.15, -0.1) is 11.6 Å². The van der Waals surface area contributed by atoms with Gasteiger partial charge in [-0.2, -0.15) is 0 Å². The van der Waals surface area contributed by atoms with Crippen molar-refractivity contribution in [3.8, 4) is 0 Å². The average Bonchev–Trinajstić information content (AvgIpc) is 2.37. The third-order valence-corrected chi connectivity index (χ3v) is 2.76. The topological polar surface area (TPSA) is 43.4 Å². The highest BCUT2D eigenvalue weighted by Crippen LogP contribution is 2.07. The Morgan fingerprint density at radius 1 is 1.29 bits per heavy atom. The van der Waals surface area contributed by atoms with Crippen LogP contribution >= 0.6 is 11.6 Å². The van der Waals surface area contributed by atoms with E-state index in [0.29, 0.717) is 5.56 Å². The van der Waals surface area contributed by atoms with Crippen LogP contribution in [0.3, 0.4) is 0 Å². The van der Waals surface area contributed by atoms with Crippen molar-refractivity contribution in [1.82, 2.24) is 0 Å². The number of Topliss-reactive ketones (excluding diaryl/α,β-unsaturated/α-hetero) is 2. The van der Waals surface area contributed by atoms with E-state index in [1.165, 1.54) is 7.11 Å². The molecule has 1 unspecified atom stereocenters. The number of carbonyl (C=O) groups is 2. The Bertz CT molecular complexity index is 372. The molecule has 0 spiro atoms. The number of ketones is 2. The molecular weight excluding hydrogens is 240 g/mol. The molecule has 0 aromatic heterocycles. The normalized spacial score (nSPS) is 12.1. The maximum Gasteiger partial charge on any atom is 0.170 e. The number of rotatable bonds is 7. The van der Waals surface area contributed by atoms with Crippen molar-refractivity contribution in [2.75, 3.05) is 13.0 Å². The molecule has 0 heterocycles. The molecule has 0 N–H and O–H groups in total. The van der Waals surface area contributed by atoms with Gasteiger partial charge in [0.2, 0.25) is 0 Å². The SMILES string of the molecule is COC(CCl)CC(=O)CC(=O)c1ccccc1. The van der Waals surface area contributed by atoms with Crippen LogP contribution in [0.15, 0.2) is 30.3 Å². The lowest BCUT2D eigenvalue weighted by Crippen LogP contribution is -2.19. The number of hydrogen-bond donors (Lipinski definition) is 0. The largest absolute Gasteiger partial charge is 0.380 e. The first-order chi connectivity index (χ1) is 8.17. The zero-order valence-corrected chi connectivity index (χ0v) is 10.4. The zero-order chi connectivity index (χ0) is 12.7. The van der Waals surface area contributed by atoms with Gasteiger partial charge in [0.1, 0.15) is 5.78 Å². The van der Waals surface area contributed by atoms with Gasteiger partial charge in [0.25, 0.3) is 0 Å². The Kier molecular flexibility index (Phi) is 5.87. The molecule has 0 bridgehead atoms. The summed E-state index contributed by atoms with van der Waals surface area (Å²) in [6, 6.07) is 8.77. The van der Waals surface area contributed by atoms with Gasteiger partial charge in [-0.1, -0.05) is 30.3 Å². The lowest BCUT2D eigenvalue weighted by atomic mass is 10.0. The second kappa shape index (κ2) is 7.20. The first-order valence-electron chi connectivity index (χ1n) is 5.36. The molecule has 92 valence electrons. The molecular formula is C13H15ClO3. The molecule has 0 amide bonds. The Morgan fingerprint density at radius 2 is 1.94 bits per heavy atom. The van der Waals surface area contributed by atoms with Crippen LogP contribution in [0.2, 0.25) is 0 Å². The number of halogens is 1. The van der Waals surface area contributed by atoms with Crippen LogP contribution in [0.4, 0.5) is 0 Å². The summed E-state index contributed by atoms with van der Waals surface area (Å²) in [7, 11) is 1.50. The summed E-state index contributed by atoms with van der Waals surface area (Å²) < 4.78 is 4.99. The van der Waals surface area contributed by atoms with E-state index in [2.05, 4.69) is 0 Å². The van der Waals surface area contributed by atoms with Gasteiger partial charge in [-0.05, 0) is 0 Å². The summed E-state index contributed by atoms with van der Waals surface area (Å²) >= 11 is 5.60. The van der Waals surface area contributed by atoms with Gasteiger partial charge in [-0.25, -0.2) is 0 Å². The molecule has 0 radical (unpaired) electrons. The smallest absolute Gasteiger partial charge is 0.170 e. The average molecular weight is 255 g/mol. The number of alkyl halides is 1. The van der Waals surface area contributed by atoms with E-state index in [9.17, 15) is 9.59 Å². The third-order valence-electron chi connectivity index (χ3n) is 2.41. The summed E-state index contributed by atoms with van der Waals surface area (Å²) in [6.45, 7) is 0. The minimum Gasteiger partial charge on any atom is -0.380 e. The van der Waals surface area contributed by atoms with Crippen LogP contribution in [-0.4, -0.2) is 30.7 Å². The van der Waals surface area contributed by atoms with E-state index >= 15 is 0 Å². The monoisotopic (exact) mass is 254 g/mol. The van der Waals surface area contributed by atoms with Crippen LogP contribution in [0.5, 0.6) is 0 Å². The van der Waals surface area contributed by atoms with Gasteiger partial charge >= 0.3 is 0 Å². The highest BCUT2D eigenvalue weighted by Gasteiger charge is 2.16. The van der Waals surface area contributed by atoms with Crippen LogP contribution in [0.1, 0.15) is 23.2 Å². The second-order valence-corrected chi connectivity index (χ2v) is 4.03. The Morgan fingerprint density at radius 3 is 2.47 bits per heavy atom. The van der Waals surface area contributed by atoms with Crippen molar-refractivity contribution in [3.05, 3.63) is 35.9 Å². The van der Waals surface area contributed by atoms with Crippen molar-refractivity contribution in [2.24, 2.45) is 0 Å². The van der Waals surface area contributed by atoms with Gasteiger partial charge in [0, 0.05) is 25.0 Å². The lowest BCUT2D eigenvalue weighted by Gasteiger charge is -2.10. The predicted molar refractivity (Wildman–Crippen MR) is 66.5 cm³/mol. The molecule has 0 saturated heterocycles. The van der Waals surface area contributed by atoms with Gasteiger partial charge in [-0.3, -0.25) is 9.59 Å². The van der Waals surface area contributed by atoms with Crippen LogP contribution < -0.4 is 0 Å². The predicted octanol–water partition coefficient (Wildman–Crippen LogP) is 2.47. The summed E-state index contributed by atoms with van der Waals surface area (Å²) in [5, 5.41) is 0. The molecule has 3 nitrogen and oxygen atoms in total. The minimum absolute atomic E-state index is 0.0965. The zero-order valence-electron chi connectivity index (χ0n) is 9.69. The molecule has 0 aliphatic heterocycles. The number of carbonyl (C=O) groups excluding carboxylic acids is 2. The highest BCUT2D eigenvalue weighted by molar-refractivity contribution is 6.18. The fraction of sp³-hybridized carbons (Fsp3) is 0.385. The van der Waals surface area contributed by atoms with Crippen molar-refractivity contribution in [2.45, 2.75) is 18.9 Å². The fourth-order valence-corrected chi connectivity index (χ4v) is 1.67. The van der Waals surface area contributed by atoms with Crippen molar-refractivity contribution >= 4 is 23.2 Å². The molecule has 1 rings (SSSR count). The molecule has 1 aromatic rings. The Labute approximate surface area is 106 Å². The van der Waals surface area contributed by atoms with Gasteiger partial charge in [0.15, 0.2) is 5.78 Å². The van der Waals surface area contributed by atoms with Crippen LogP contribution in [-0.2, 0) is 9.53 Å². The van der Waals surface area contributed by atoms with Crippen LogP contribution in [0, 0.1) is 0 Å². The maximum absolute atomic E-state index is 11.7. The number of hydrogen-bond acceptors (Lipinski definition) is 3. The number of benzene rings is 1. The van der Waals surface area contributed by atoms with Crippen molar-refractivity contribution < 1.29 is 14.3 Å². The van der Waals surface area contributed by atoms with Crippen LogP contribution in [0.25, 0.3) is 0 Å². The molecule has 1 atom stereocenters. The quantitative estimate of drug-likeness (QED) is 0.427. The molecule has 0 aliphatic carbocycles. The fourth-order valence-electron chi connectivity index (χ4n) is 1.43. The van der Waals surface area contributed by atoms with Crippen molar-refractivity contribution in [1.29, 1.82) is 0 Å². The van der Waals surface area contributed by atoms with E-state index in [0.717, 1.165) is 0 Å². The molecule has 0 saturated carbocycles. The van der Waals surface area contributed by atoms with Gasteiger partial charge in [0.05, 0.1) is 12.5 Å². The summed E-state index contributed by atoms with van der Waals surface area (Å²) in [5.41, 5.74) is 0.556. The molecule has 4 heteroatoms.